The average molecular weight is 250 g/mol. The van der Waals surface area contributed by atoms with Crippen molar-refractivity contribution in [1.29, 1.82) is 0 Å². The lowest BCUT2D eigenvalue weighted by Gasteiger charge is -2.21. The first kappa shape index (κ1) is 14.9. The summed E-state index contributed by atoms with van der Waals surface area (Å²) in [6.07, 6.45) is 0.978. The lowest BCUT2D eigenvalue weighted by Crippen LogP contribution is -2.29. The van der Waals surface area contributed by atoms with Gasteiger partial charge in [0.05, 0.1) is 0 Å². The van der Waals surface area contributed by atoms with Crippen molar-refractivity contribution in [3.05, 3.63) is 23.4 Å². The van der Waals surface area contributed by atoms with Gasteiger partial charge in [0.1, 0.15) is 5.82 Å². The van der Waals surface area contributed by atoms with Gasteiger partial charge in [-0.25, -0.2) is 4.98 Å². The molecule has 1 heterocycles. The van der Waals surface area contributed by atoms with Crippen LogP contribution in [-0.2, 0) is 13.0 Å². The highest BCUT2D eigenvalue weighted by Crippen LogP contribution is 2.14. The first-order valence-corrected chi connectivity index (χ1v) is 6.57. The monoisotopic (exact) mass is 250 g/mol. The summed E-state index contributed by atoms with van der Waals surface area (Å²) in [6, 6.07) is 4.35. The van der Waals surface area contributed by atoms with Gasteiger partial charge in [-0.15, -0.1) is 0 Å². The minimum absolute atomic E-state index is 0.893. The van der Waals surface area contributed by atoms with Gasteiger partial charge in [-0.2, -0.15) is 0 Å². The van der Waals surface area contributed by atoms with Crippen LogP contribution < -0.4 is 10.2 Å². The summed E-state index contributed by atoms with van der Waals surface area (Å²) >= 11 is 0. The molecule has 0 bridgehead atoms. The molecule has 0 unspecified atom stereocenters. The fourth-order valence-electron chi connectivity index (χ4n) is 1.78. The molecule has 0 fully saturated rings. The maximum absolute atomic E-state index is 4.69. The van der Waals surface area contributed by atoms with Crippen molar-refractivity contribution in [1.82, 2.24) is 15.2 Å². The van der Waals surface area contributed by atoms with Crippen LogP contribution >= 0.6 is 0 Å². The van der Waals surface area contributed by atoms with Gasteiger partial charge in [0, 0.05) is 32.4 Å². The minimum Gasteiger partial charge on any atom is -0.358 e. The summed E-state index contributed by atoms with van der Waals surface area (Å²) in [4.78, 5) is 9.10. The number of hydrogen-bond acceptors (Lipinski definition) is 4. The van der Waals surface area contributed by atoms with E-state index in [0.29, 0.717) is 0 Å². The van der Waals surface area contributed by atoms with E-state index in [2.05, 4.69) is 55.3 Å². The highest BCUT2D eigenvalue weighted by Gasteiger charge is 2.06. The molecular weight excluding hydrogens is 224 g/mol. The van der Waals surface area contributed by atoms with E-state index in [-0.39, 0.29) is 0 Å². The Balaban J connectivity index is 2.82. The van der Waals surface area contributed by atoms with Gasteiger partial charge in [0.2, 0.25) is 0 Å². The van der Waals surface area contributed by atoms with Gasteiger partial charge in [-0.05, 0) is 45.3 Å². The molecular formula is C14H26N4. The molecule has 0 aliphatic heterocycles. The average Bonchev–Trinajstić information content (AvgIpc) is 2.35. The summed E-state index contributed by atoms with van der Waals surface area (Å²) in [5.41, 5.74) is 2.46. The Morgan fingerprint density at radius 1 is 1.17 bits per heavy atom. The zero-order chi connectivity index (χ0) is 13.5. The largest absolute Gasteiger partial charge is 0.358 e. The van der Waals surface area contributed by atoms with Crippen LogP contribution in [0.15, 0.2) is 12.1 Å². The van der Waals surface area contributed by atoms with Crippen LogP contribution in [0, 0.1) is 0 Å². The molecule has 0 aliphatic carbocycles. The Bertz CT molecular complexity index is 363. The third-order valence-corrected chi connectivity index (χ3v) is 2.94. The molecule has 1 aromatic rings. The highest BCUT2D eigenvalue weighted by atomic mass is 15.2. The number of aryl methyl sites for hydroxylation is 1. The van der Waals surface area contributed by atoms with E-state index < -0.39 is 0 Å². The predicted octanol–water partition coefficient (Wildman–Crippen LogP) is 1.36. The molecule has 1 rings (SSSR count). The standard InChI is InChI=1S/C14H26N4/c1-6-13-9-12(11-15-2)10-14(16-13)18(5)8-7-17(3)4/h9-10,15H,6-8,11H2,1-5H3. The molecule has 0 saturated heterocycles. The third-order valence-electron chi connectivity index (χ3n) is 2.94. The second kappa shape index (κ2) is 7.34. The van der Waals surface area contributed by atoms with Gasteiger partial charge in [-0.1, -0.05) is 6.92 Å². The lowest BCUT2D eigenvalue weighted by atomic mass is 10.2. The number of nitrogens with zero attached hydrogens (tertiary/aromatic N) is 3. The number of likely N-dealkylation sites (N-methyl/N-ethyl adjacent to an activating group) is 2. The Kier molecular flexibility index (Phi) is 6.09. The van der Waals surface area contributed by atoms with Crippen molar-refractivity contribution < 1.29 is 0 Å². The lowest BCUT2D eigenvalue weighted by molar-refractivity contribution is 0.416. The van der Waals surface area contributed by atoms with E-state index >= 15 is 0 Å². The summed E-state index contributed by atoms with van der Waals surface area (Å²) in [5, 5.41) is 3.20. The van der Waals surface area contributed by atoms with Crippen molar-refractivity contribution in [2.45, 2.75) is 19.9 Å². The SMILES string of the molecule is CCc1cc(CNC)cc(N(C)CCN(C)C)n1. The predicted molar refractivity (Wildman–Crippen MR) is 78.2 cm³/mol. The topological polar surface area (TPSA) is 31.4 Å². The molecule has 0 amide bonds. The van der Waals surface area contributed by atoms with Crippen molar-refractivity contribution in [2.24, 2.45) is 0 Å². The number of hydrogen-bond donors (Lipinski definition) is 1. The van der Waals surface area contributed by atoms with Crippen LogP contribution in [0.25, 0.3) is 0 Å². The molecule has 0 saturated carbocycles. The first-order chi connectivity index (χ1) is 8.56. The Morgan fingerprint density at radius 3 is 2.44 bits per heavy atom. The summed E-state index contributed by atoms with van der Waals surface area (Å²) < 4.78 is 0. The number of pyridine rings is 1. The molecule has 0 radical (unpaired) electrons. The Morgan fingerprint density at radius 2 is 1.89 bits per heavy atom. The maximum Gasteiger partial charge on any atom is 0.128 e. The fourth-order valence-corrected chi connectivity index (χ4v) is 1.78. The van der Waals surface area contributed by atoms with Crippen LogP contribution in [0.2, 0.25) is 0 Å². The van der Waals surface area contributed by atoms with E-state index in [4.69, 9.17) is 4.98 Å². The smallest absolute Gasteiger partial charge is 0.128 e. The number of aromatic nitrogens is 1. The molecule has 0 aromatic carbocycles. The quantitative estimate of drug-likeness (QED) is 0.792. The maximum atomic E-state index is 4.69. The molecule has 1 aromatic heterocycles. The summed E-state index contributed by atoms with van der Waals surface area (Å²) in [7, 11) is 8.27. The first-order valence-electron chi connectivity index (χ1n) is 6.57. The van der Waals surface area contributed by atoms with Gasteiger partial charge >= 0.3 is 0 Å². The number of nitrogens with one attached hydrogen (secondary N) is 1. The number of rotatable bonds is 7. The Labute approximate surface area is 111 Å². The zero-order valence-electron chi connectivity index (χ0n) is 12.3. The van der Waals surface area contributed by atoms with E-state index in [1.54, 1.807) is 0 Å². The van der Waals surface area contributed by atoms with E-state index in [9.17, 15) is 0 Å². The highest BCUT2D eigenvalue weighted by molar-refractivity contribution is 5.42. The van der Waals surface area contributed by atoms with Gasteiger partial charge in [0.15, 0.2) is 0 Å². The van der Waals surface area contributed by atoms with Crippen LogP contribution in [0.1, 0.15) is 18.2 Å². The molecule has 0 aliphatic rings. The molecule has 0 spiro atoms. The van der Waals surface area contributed by atoms with Crippen LogP contribution in [-0.4, -0.2) is 51.2 Å². The van der Waals surface area contributed by atoms with E-state index in [0.717, 1.165) is 37.6 Å². The molecule has 18 heavy (non-hydrogen) atoms. The van der Waals surface area contributed by atoms with Crippen molar-refractivity contribution in [3.63, 3.8) is 0 Å². The number of anilines is 1. The fraction of sp³-hybridized carbons (Fsp3) is 0.643. The third kappa shape index (κ3) is 4.63. The molecule has 0 atom stereocenters. The normalized spacial score (nSPS) is 11.0. The van der Waals surface area contributed by atoms with Gasteiger partial charge in [0.25, 0.3) is 0 Å². The second-order valence-corrected chi connectivity index (χ2v) is 4.93. The van der Waals surface area contributed by atoms with E-state index in [1.807, 2.05) is 7.05 Å². The van der Waals surface area contributed by atoms with Crippen molar-refractivity contribution >= 4 is 5.82 Å². The van der Waals surface area contributed by atoms with Crippen LogP contribution in [0.3, 0.4) is 0 Å². The summed E-state index contributed by atoms with van der Waals surface area (Å²) in [5.74, 6) is 1.07. The molecule has 4 heteroatoms. The van der Waals surface area contributed by atoms with Gasteiger partial charge < -0.3 is 15.1 Å². The van der Waals surface area contributed by atoms with Crippen molar-refractivity contribution in [3.8, 4) is 0 Å². The summed E-state index contributed by atoms with van der Waals surface area (Å²) in [6.45, 7) is 5.07. The molecule has 102 valence electrons. The van der Waals surface area contributed by atoms with Gasteiger partial charge in [-0.3, -0.25) is 0 Å². The zero-order valence-corrected chi connectivity index (χ0v) is 12.3. The minimum atomic E-state index is 0.893. The van der Waals surface area contributed by atoms with Crippen LogP contribution in [0.5, 0.6) is 0 Å². The molecule has 4 nitrogen and oxygen atoms in total. The second-order valence-electron chi connectivity index (χ2n) is 4.93. The van der Waals surface area contributed by atoms with Crippen molar-refractivity contribution in [2.75, 3.05) is 46.2 Å². The van der Waals surface area contributed by atoms with Crippen LogP contribution in [0.4, 0.5) is 5.82 Å². The van der Waals surface area contributed by atoms with E-state index in [1.165, 1.54) is 5.56 Å². The Hall–Kier alpha value is -1.13. The molecule has 1 N–H and O–H groups in total.